The average Bonchev–Trinajstić information content (AvgIpc) is 3.20. The van der Waals surface area contributed by atoms with Crippen LogP contribution in [0.5, 0.6) is 5.75 Å². The molecule has 0 spiro atoms. The zero-order valence-electron chi connectivity index (χ0n) is 13.9. The van der Waals surface area contributed by atoms with E-state index in [0.29, 0.717) is 5.01 Å². The van der Waals surface area contributed by atoms with Crippen molar-refractivity contribution in [3.63, 3.8) is 0 Å². The van der Waals surface area contributed by atoms with Crippen LogP contribution >= 0.6 is 11.3 Å². The largest absolute Gasteiger partial charge is 0.508 e. The molecule has 2 aromatic rings. The third-order valence-electron chi connectivity index (χ3n) is 3.78. The lowest BCUT2D eigenvalue weighted by Gasteiger charge is -2.32. The number of carbonyl (C=O) groups excluding carboxylic acids is 1. The van der Waals surface area contributed by atoms with Crippen molar-refractivity contribution in [3.8, 4) is 5.75 Å². The monoisotopic (exact) mass is 401 g/mol. The molecule has 0 bridgehead atoms. The molecular formula is C16H14F3N3O4S. The van der Waals surface area contributed by atoms with Crippen LogP contribution in [0.15, 0.2) is 34.7 Å². The number of halogens is 3. The van der Waals surface area contributed by atoms with Crippen LogP contribution in [0.1, 0.15) is 29.4 Å². The second kappa shape index (κ2) is 6.82. The third kappa shape index (κ3) is 3.47. The fourth-order valence-electron chi connectivity index (χ4n) is 2.47. The van der Waals surface area contributed by atoms with Gasteiger partial charge in [-0.05, 0) is 19.1 Å². The van der Waals surface area contributed by atoms with E-state index in [1.165, 1.54) is 29.6 Å². The molecule has 11 heteroatoms. The van der Waals surface area contributed by atoms with Gasteiger partial charge in [0.15, 0.2) is 5.69 Å². The van der Waals surface area contributed by atoms with Crippen molar-refractivity contribution in [1.82, 2.24) is 4.98 Å². The normalized spacial score (nSPS) is 19.9. The summed E-state index contributed by atoms with van der Waals surface area (Å²) in [6.07, 6.45) is -5.92. The molecule has 144 valence electrons. The molecule has 3 rings (SSSR count). The number of thiazole rings is 1. The van der Waals surface area contributed by atoms with Gasteiger partial charge >= 0.3 is 12.1 Å². The Labute approximate surface area is 155 Å². The van der Waals surface area contributed by atoms with Crippen LogP contribution in [-0.2, 0) is 4.74 Å². The number of alkyl halides is 3. The number of ether oxygens (including phenoxy) is 1. The predicted octanol–water partition coefficient (Wildman–Crippen LogP) is 2.89. The zero-order valence-corrected chi connectivity index (χ0v) is 14.7. The van der Waals surface area contributed by atoms with Crippen LogP contribution < -0.4 is 5.01 Å². The van der Waals surface area contributed by atoms with Gasteiger partial charge in [-0.25, -0.2) is 9.78 Å². The van der Waals surface area contributed by atoms with E-state index < -0.39 is 24.3 Å². The number of phenols is 1. The van der Waals surface area contributed by atoms with E-state index in [4.69, 9.17) is 4.74 Å². The number of aromatic hydroxyl groups is 1. The second-order valence-corrected chi connectivity index (χ2v) is 6.47. The Balaban J connectivity index is 2.02. The molecule has 0 aliphatic carbocycles. The van der Waals surface area contributed by atoms with Gasteiger partial charge in [-0.15, -0.1) is 11.3 Å². The van der Waals surface area contributed by atoms with E-state index in [2.05, 4.69) is 10.1 Å². The summed E-state index contributed by atoms with van der Waals surface area (Å²) in [5.41, 5.74) is -3.37. The first-order valence-corrected chi connectivity index (χ1v) is 8.62. The number of anilines is 1. The molecule has 0 saturated heterocycles. The Kier molecular flexibility index (Phi) is 4.82. The minimum Gasteiger partial charge on any atom is -0.508 e. The summed E-state index contributed by atoms with van der Waals surface area (Å²) in [5.74, 6) is -0.935. The van der Waals surface area contributed by atoms with E-state index >= 15 is 0 Å². The Morgan fingerprint density at radius 1 is 1.44 bits per heavy atom. The molecule has 2 N–H and O–H groups in total. The van der Waals surface area contributed by atoms with Crippen LogP contribution in [-0.4, -0.2) is 45.4 Å². The number of hydrogen-bond acceptors (Lipinski definition) is 8. The molecule has 1 unspecified atom stereocenters. The van der Waals surface area contributed by atoms with Crippen LogP contribution in [0, 0.1) is 0 Å². The van der Waals surface area contributed by atoms with Crippen LogP contribution in [0.2, 0.25) is 0 Å². The summed E-state index contributed by atoms with van der Waals surface area (Å²) >= 11 is 0.717. The van der Waals surface area contributed by atoms with Gasteiger partial charge in [-0.2, -0.15) is 23.3 Å². The molecule has 0 fully saturated rings. The number of hydrogen-bond donors (Lipinski definition) is 2. The molecule has 0 saturated carbocycles. The Hall–Kier alpha value is -2.66. The number of benzene rings is 1. The van der Waals surface area contributed by atoms with Gasteiger partial charge in [0, 0.05) is 10.9 Å². The molecule has 0 amide bonds. The molecule has 1 aromatic carbocycles. The lowest BCUT2D eigenvalue weighted by molar-refractivity contribution is -0.254. The summed E-state index contributed by atoms with van der Waals surface area (Å²) in [7, 11) is 0. The lowest BCUT2D eigenvalue weighted by atomic mass is 10.0. The molecule has 7 nitrogen and oxygen atoms in total. The SMILES string of the molecule is CCOC(=O)c1csc(N2N=C(c3cccc(O)c3)CC2(O)C(F)(F)F)n1. The highest BCUT2D eigenvalue weighted by Crippen LogP contribution is 2.44. The van der Waals surface area contributed by atoms with Crippen LogP contribution in [0.3, 0.4) is 0 Å². The first-order chi connectivity index (χ1) is 12.7. The van der Waals surface area contributed by atoms with Crippen molar-refractivity contribution in [2.75, 3.05) is 11.6 Å². The van der Waals surface area contributed by atoms with Crippen LogP contribution in [0.4, 0.5) is 18.3 Å². The van der Waals surface area contributed by atoms with Crippen molar-refractivity contribution in [3.05, 3.63) is 40.9 Å². The number of hydrazone groups is 1. The highest BCUT2D eigenvalue weighted by molar-refractivity contribution is 7.14. The molecule has 27 heavy (non-hydrogen) atoms. The maximum absolute atomic E-state index is 13.6. The highest BCUT2D eigenvalue weighted by Gasteiger charge is 2.62. The summed E-state index contributed by atoms with van der Waals surface area (Å²) in [5, 5.41) is 25.0. The molecule has 1 atom stereocenters. The number of carbonyl (C=O) groups is 1. The molecular weight excluding hydrogens is 387 g/mol. The summed E-state index contributed by atoms with van der Waals surface area (Å²) < 4.78 is 45.6. The topological polar surface area (TPSA) is 95.2 Å². The van der Waals surface area contributed by atoms with Crippen molar-refractivity contribution in [2.24, 2.45) is 5.10 Å². The number of rotatable bonds is 4. The van der Waals surface area contributed by atoms with E-state index in [9.17, 15) is 28.2 Å². The Morgan fingerprint density at radius 3 is 2.81 bits per heavy atom. The standard InChI is InChI=1S/C16H14F3N3O4S/c1-2-26-13(24)12-8-27-14(20-12)22-15(25,16(17,18)19)7-11(21-22)9-4-3-5-10(23)6-9/h3-6,8,23,25H,2,7H2,1H3. The Morgan fingerprint density at radius 2 is 2.19 bits per heavy atom. The van der Waals surface area contributed by atoms with Crippen molar-refractivity contribution < 1.29 is 32.9 Å². The highest BCUT2D eigenvalue weighted by atomic mass is 32.1. The van der Waals surface area contributed by atoms with Crippen molar-refractivity contribution in [1.29, 1.82) is 0 Å². The quantitative estimate of drug-likeness (QED) is 0.765. The second-order valence-electron chi connectivity index (χ2n) is 5.64. The van der Waals surface area contributed by atoms with Gasteiger partial charge in [-0.3, -0.25) is 0 Å². The van der Waals surface area contributed by atoms with E-state index in [1.54, 1.807) is 6.92 Å². The van der Waals surface area contributed by atoms with Gasteiger partial charge < -0.3 is 14.9 Å². The minimum absolute atomic E-state index is 0.0846. The number of phenolic OH excluding ortho intramolecular Hbond substituents is 1. The first-order valence-electron chi connectivity index (χ1n) is 7.74. The van der Waals surface area contributed by atoms with E-state index in [1.807, 2.05) is 0 Å². The van der Waals surface area contributed by atoms with Gasteiger partial charge in [0.05, 0.1) is 18.7 Å². The third-order valence-corrected chi connectivity index (χ3v) is 4.59. The number of aromatic nitrogens is 1. The smallest absolute Gasteiger partial charge is 0.438 e. The number of nitrogens with zero attached hydrogens (tertiary/aromatic N) is 3. The summed E-state index contributed by atoms with van der Waals surface area (Å²) in [6, 6.07) is 5.51. The first kappa shape index (κ1) is 19.1. The van der Waals surface area contributed by atoms with Crippen molar-refractivity contribution >= 4 is 28.1 Å². The van der Waals surface area contributed by atoms with Crippen molar-refractivity contribution in [2.45, 2.75) is 25.2 Å². The van der Waals surface area contributed by atoms with Gasteiger partial charge in [0.25, 0.3) is 5.72 Å². The average molecular weight is 401 g/mol. The molecule has 1 aliphatic rings. The van der Waals surface area contributed by atoms with E-state index in [-0.39, 0.29) is 34.5 Å². The van der Waals surface area contributed by atoms with Crippen LogP contribution in [0.25, 0.3) is 0 Å². The maximum Gasteiger partial charge on any atom is 0.438 e. The van der Waals surface area contributed by atoms with Gasteiger partial charge in [-0.1, -0.05) is 12.1 Å². The lowest BCUT2D eigenvalue weighted by Crippen LogP contribution is -2.55. The minimum atomic E-state index is -5.05. The fraction of sp³-hybridized carbons (Fsp3) is 0.312. The molecule has 1 aromatic heterocycles. The van der Waals surface area contributed by atoms with Gasteiger partial charge in [0.1, 0.15) is 5.75 Å². The number of aliphatic hydroxyl groups is 1. The molecule has 0 radical (unpaired) electrons. The Bertz CT molecular complexity index is 899. The van der Waals surface area contributed by atoms with E-state index in [0.717, 1.165) is 11.3 Å². The summed E-state index contributed by atoms with van der Waals surface area (Å²) in [4.78, 5) is 15.5. The predicted molar refractivity (Wildman–Crippen MR) is 90.8 cm³/mol. The molecule has 2 heterocycles. The molecule has 1 aliphatic heterocycles. The summed E-state index contributed by atoms with van der Waals surface area (Å²) in [6.45, 7) is 1.67. The van der Waals surface area contributed by atoms with Gasteiger partial charge in [0.2, 0.25) is 5.13 Å². The maximum atomic E-state index is 13.6. The number of esters is 1. The fourth-order valence-corrected chi connectivity index (χ4v) is 3.28. The zero-order chi connectivity index (χ0) is 19.8.